The number of nitrogens with zero attached hydrogens (tertiary/aromatic N) is 4. The van der Waals surface area contributed by atoms with Crippen molar-refractivity contribution in [2.45, 2.75) is 0 Å². The van der Waals surface area contributed by atoms with Crippen molar-refractivity contribution in [3.05, 3.63) is 158 Å². The van der Waals surface area contributed by atoms with Crippen molar-refractivity contribution >= 4 is 64.1 Å². The molecule has 3 heterocycles. The number of para-hydroxylation sites is 1. The number of aromatic nitrogens is 4. The van der Waals surface area contributed by atoms with Crippen LogP contribution in [0.25, 0.3) is 92.6 Å². The Bertz CT molecular complexity index is 2830. The van der Waals surface area contributed by atoms with Crippen molar-refractivity contribution in [2.24, 2.45) is 0 Å². The number of benzene rings is 7. The zero-order chi connectivity index (χ0) is 31.6. The van der Waals surface area contributed by atoms with Gasteiger partial charge in [0.15, 0.2) is 17.5 Å². The first-order chi connectivity index (χ1) is 23.8. The Labute approximate surface area is 280 Å². The minimum atomic E-state index is 0.648. The molecule has 0 atom stereocenters. The molecule has 0 amide bonds. The molecule has 10 aromatic rings. The third kappa shape index (κ3) is 4.18. The molecule has 0 saturated heterocycles. The molecule has 0 N–H and O–H groups in total. The van der Waals surface area contributed by atoms with Crippen molar-refractivity contribution in [3.8, 4) is 39.9 Å². The highest BCUT2D eigenvalue weighted by Crippen LogP contribution is 2.40. The van der Waals surface area contributed by atoms with Gasteiger partial charge in [-0.2, -0.15) is 0 Å². The van der Waals surface area contributed by atoms with Crippen LogP contribution in [-0.4, -0.2) is 19.5 Å². The van der Waals surface area contributed by atoms with Gasteiger partial charge in [0, 0.05) is 53.3 Å². The molecule has 48 heavy (non-hydrogen) atoms. The fraction of sp³-hybridized carbons (Fsp3) is 0. The SMILES string of the molecule is c1ccc(-c2nc(-c3ccc(-n4c5ccccc5c5c6ccccc6ccc54)cc3)nc(-c3cccc4sc5ccccc5c34)n2)cc1. The maximum absolute atomic E-state index is 5.14. The summed E-state index contributed by atoms with van der Waals surface area (Å²) in [6, 6.07) is 55.5. The van der Waals surface area contributed by atoms with Crippen LogP contribution in [0.1, 0.15) is 0 Å². The number of hydrogen-bond donors (Lipinski definition) is 0. The van der Waals surface area contributed by atoms with Gasteiger partial charge < -0.3 is 4.57 Å². The lowest BCUT2D eigenvalue weighted by atomic mass is 10.0. The molecule has 0 aliphatic carbocycles. The van der Waals surface area contributed by atoms with Crippen LogP contribution in [0.3, 0.4) is 0 Å². The van der Waals surface area contributed by atoms with Crippen molar-refractivity contribution < 1.29 is 0 Å². The normalized spacial score (nSPS) is 11.8. The van der Waals surface area contributed by atoms with E-state index in [1.54, 1.807) is 11.3 Å². The zero-order valence-corrected chi connectivity index (χ0v) is 26.5. The van der Waals surface area contributed by atoms with Crippen LogP contribution in [-0.2, 0) is 0 Å². The Morgan fingerprint density at radius 3 is 1.88 bits per heavy atom. The molecule has 7 aromatic carbocycles. The van der Waals surface area contributed by atoms with Gasteiger partial charge in [-0.05, 0) is 59.3 Å². The molecule has 0 aliphatic rings. The molecular formula is C43H26N4S. The standard InChI is InChI=1S/C43H26N4S/c1-2-12-28(13-3-1)41-44-42(46-43(45-41)34-17-10-20-38-40(34)33-16-7-9-19-37(33)48-38)29-21-24-30(25-22-29)47-35-18-8-6-15-32(35)39-31-14-5-4-11-27(31)23-26-36(39)47/h1-26H. The Balaban J connectivity index is 1.16. The van der Waals surface area contributed by atoms with Crippen molar-refractivity contribution in [1.29, 1.82) is 0 Å². The summed E-state index contributed by atoms with van der Waals surface area (Å²) in [4.78, 5) is 15.2. The molecule has 5 heteroatoms. The molecule has 0 fully saturated rings. The van der Waals surface area contributed by atoms with Crippen LogP contribution in [0.4, 0.5) is 0 Å². The Morgan fingerprint density at radius 1 is 0.396 bits per heavy atom. The quantitative estimate of drug-likeness (QED) is 0.194. The number of hydrogen-bond acceptors (Lipinski definition) is 4. The van der Waals surface area contributed by atoms with Crippen molar-refractivity contribution in [2.75, 3.05) is 0 Å². The molecule has 0 aliphatic heterocycles. The molecule has 4 nitrogen and oxygen atoms in total. The molecule has 0 spiro atoms. The monoisotopic (exact) mass is 630 g/mol. The van der Waals surface area contributed by atoms with Crippen LogP contribution in [0.5, 0.6) is 0 Å². The lowest BCUT2D eigenvalue weighted by Crippen LogP contribution is -2.01. The predicted molar refractivity (Wildman–Crippen MR) is 201 cm³/mol. The molecule has 3 aromatic heterocycles. The van der Waals surface area contributed by atoms with Gasteiger partial charge in [0.25, 0.3) is 0 Å². The molecule has 0 saturated carbocycles. The highest BCUT2D eigenvalue weighted by Gasteiger charge is 2.18. The van der Waals surface area contributed by atoms with E-state index in [9.17, 15) is 0 Å². The second-order valence-electron chi connectivity index (χ2n) is 12.0. The minimum Gasteiger partial charge on any atom is -0.309 e. The first-order valence-corrected chi connectivity index (χ1v) is 16.9. The van der Waals surface area contributed by atoms with E-state index < -0.39 is 0 Å². The van der Waals surface area contributed by atoms with Crippen LogP contribution < -0.4 is 0 Å². The van der Waals surface area contributed by atoms with E-state index in [4.69, 9.17) is 15.0 Å². The Hall–Kier alpha value is -6.17. The average Bonchev–Trinajstić information content (AvgIpc) is 3.71. The summed E-state index contributed by atoms with van der Waals surface area (Å²) in [5.74, 6) is 1.98. The summed E-state index contributed by atoms with van der Waals surface area (Å²) in [5.41, 5.74) is 6.37. The smallest absolute Gasteiger partial charge is 0.164 e. The van der Waals surface area contributed by atoms with Gasteiger partial charge in [0.05, 0.1) is 11.0 Å². The van der Waals surface area contributed by atoms with Crippen LogP contribution >= 0.6 is 11.3 Å². The first-order valence-electron chi connectivity index (χ1n) is 16.0. The Kier molecular flexibility index (Phi) is 6.01. The molecular weight excluding hydrogens is 605 g/mol. The maximum Gasteiger partial charge on any atom is 0.164 e. The second kappa shape index (κ2) is 10.7. The molecule has 0 unspecified atom stereocenters. The Morgan fingerprint density at radius 2 is 1.04 bits per heavy atom. The van der Waals surface area contributed by atoms with E-state index in [1.165, 1.54) is 52.8 Å². The van der Waals surface area contributed by atoms with Gasteiger partial charge in [-0.15, -0.1) is 11.3 Å². The number of thiophene rings is 1. The van der Waals surface area contributed by atoms with E-state index >= 15 is 0 Å². The number of fused-ring (bicyclic) bond motifs is 8. The number of rotatable bonds is 4. The van der Waals surface area contributed by atoms with Gasteiger partial charge in [-0.3, -0.25) is 0 Å². The van der Waals surface area contributed by atoms with Gasteiger partial charge in [-0.25, -0.2) is 15.0 Å². The van der Waals surface area contributed by atoms with Crippen molar-refractivity contribution in [3.63, 3.8) is 0 Å². The van der Waals surface area contributed by atoms with E-state index in [2.05, 4.69) is 144 Å². The lowest BCUT2D eigenvalue weighted by Gasteiger charge is -2.11. The van der Waals surface area contributed by atoms with Gasteiger partial charge in [-0.1, -0.05) is 109 Å². The summed E-state index contributed by atoms with van der Waals surface area (Å²) in [6.45, 7) is 0. The van der Waals surface area contributed by atoms with E-state index in [1.807, 2.05) is 18.2 Å². The molecule has 224 valence electrons. The third-order valence-electron chi connectivity index (χ3n) is 9.26. The van der Waals surface area contributed by atoms with Gasteiger partial charge in [0.2, 0.25) is 0 Å². The highest BCUT2D eigenvalue weighted by molar-refractivity contribution is 7.25. The highest BCUT2D eigenvalue weighted by atomic mass is 32.1. The van der Waals surface area contributed by atoms with Crippen LogP contribution in [0.15, 0.2) is 158 Å². The zero-order valence-electron chi connectivity index (χ0n) is 25.7. The molecule has 0 bridgehead atoms. The fourth-order valence-corrected chi connectivity index (χ4v) is 8.21. The second-order valence-corrected chi connectivity index (χ2v) is 13.1. The summed E-state index contributed by atoms with van der Waals surface area (Å²) in [7, 11) is 0. The van der Waals surface area contributed by atoms with E-state index in [0.29, 0.717) is 17.5 Å². The molecule has 10 rings (SSSR count). The largest absolute Gasteiger partial charge is 0.309 e. The summed E-state index contributed by atoms with van der Waals surface area (Å²) in [6.07, 6.45) is 0. The van der Waals surface area contributed by atoms with Crippen molar-refractivity contribution in [1.82, 2.24) is 19.5 Å². The predicted octanol–water partition coefficient (Wildman–Crippen LogP) is 11.5. The lowest BCUT2D eigenvalue weighted by molar-refractivity contribution is 1.07. The van der Waals surface area contributed by atoms with E-state index in [-0.39, 0.29) is 0 Å². The van der Waals surface area contributed by atoms with Crippen LogP contribution in [0, 0.1) is 0 Å². The van der Waals surface area contributed by atoms with Gasteiger partial charge >= 0.3 is 0 Å². The summed E-state index contributed by atoms with van der Waals surface area (Å²) < 4.78 is 4.84. The average molecular weight is 631 g/mol. The minimum absolute atomic E-state index is 0.648. The third-order valence-corrected chi connectivity index (χ3v) is 10.4. The topological polar surface area (TPSA) is 43.6 Å². The van der Waals surface area contributed by atoms with E-state index in [0.717, 1.165) is 22.4 Å². The van der Waals surface area contributed by atoms with Crippen LogP contribution in [0.2, 0.25) is 0 Å². The maximum atomic E-state index is 5.14. The molecule has 0 radical (unpaired) electrons. The summed E-state index contributed by atoms with van der Waals surface area (Å²) in [5, 5.41) is 7.44. The fourth-order valence-electron chi connectivity index (χ4n) is 7.08. The van der Waals surface area contributed by atoms with Gasteiger partial charge in [0.1, 0.15) is 0 Å². The first kappa shape index (κ1) is 27.0. The summed E-state index contributed by atoms with van der Waals surface area (Å²) >= 11 is 1.80.